The summed E-state index contributed by atoms with van der Waals surface area (Å²) >= 11 is 3.19. The SMILES string of the molecule is CCC(CC)CNC(=O)c1ccc(F)cc1Br. The standard InChI is InChI=1S/C13H17BrFNO/c1-3-9(4-2)8-16-13(17)11-6-5-10(15)7-12(11)14/h5-7,9H,3-4,8H2,1-2H3,(H,16,17). The van der Waals surface area contributed by atoms with Crippen LogP contribution in [0.2, 0.25) is 0 Å². The molecule has 2 nitrogen and oxygen atoms in total. The quantitative estimate of drug-likeness (QED) is 0.881. The van der Waals surface area contributed by atoms with E-state index in [4.69, 9.17) is 0 Å². The molecule has 0 bridgehead atoms. The average Bonchev–Trinajstić information content (AvgIpc) is 2.30. The van der Waals surface area contributed by atoms with E-state index in [-0.39, 0.29) is 11.7 Å². The zero-order chi connectivity index (χ0) is 12.8. The van der Waals surface area contributed by atoms with Gasteiger partial charge < -0.3 is 5.32 Å². The van der Waals surface area contributed by atoms with Gasteiger partial charge in [-0.05, 0) is 40.0 Å². The van der Waals surface area contributed by atoms with Gasteiger partial charge in [0.05, 0.1) is 5.56 Å². The van der Waals surface area contributed by atoms with Gasteiger partial charge in [0.15, 0.2) is 0 Å². The summed E-state index contributed by atoms with van der Waals surface area (Å²) in [5.74, 6) is -0.0182. The van der Waals surface area contributed by atoms with E-state index in [1.165, 1.54) is 18.2 Å². The first-order chi connectivity index (χ1) is 8.08. The largest absolute Gasteiger partial charge is 0.352 e. The van der Waals surface area contributed by atoms with E-state index in [1.807, 2.05) is 0 Å². The minimum absolute atomic E-state index is 0.163. The maximum atomic E-state index is 12.9. The third-order valence-corrected chi connectivity index (χ3v) is 3.54. The van der Waals surface area contributed by atoms with Gasteiger partial charge in [0, 0.05) is 11.0 Å². The lowest BCUT2D eigenvalue weighted by atomic mass is 10.0. The highest BCUT2D eigenvalue weighted by Crippen LogP contribution is 2.18. The van der Waals surface area contributed by atoms with E-state index in [0.717, 1.165) is 12.8 Å². The van der Waals surface area contributed by atoms with Crippen molar-refractivity contribution in [2.45, 2.75) is 26.7 Å². The number of carbonyl (C=O) groups excluding carboxylic acids is 1. The summed E-state index contributed by atoms with van der Waals surface area (Å²) < 4.78 is 13.4. The summed E-state index contributed by atoms with van der Waals surface area (Å²) in [6, 6.07) is 4.07. The van der Waals surface area contributed by atoms with Crippen LogP contribution in [0.4, 0.5) is 4.39 Å². The van der Waals surface area contributed by atoms with Crippen LogP contribution in [0, 0.1) is 11.7 Å². The highest BCUT2D eigenvalue weighted by molar-refractivity contribution is 9.10. The van der Waals surface area contributed by atoms with Crippen LogP contribution in [0.5, 0.6) is 0 Å². The van der Waals surface area contributed by atoms with Gasteiger partial charge in [-0.1, -0.05) is 26.7 Å². The molecule has 4 heteroatoms. The first-order valence-corrected chi connectivity index (χ1v) is 6.61. The lowest BCUT2D eigenvalue weighted by molar-refractivity contribution is 0.0945. The van der Waals surface area contributed by atoms with Gasteiger partial charge in [-0.2, -0.15) is 0 Å². The number of benzene rings is 1. The molecule has 0 aromatic heterocycles. The van der Waals surface area contributed by atoms with E-state index in [1.54, 1.807) is 0 Å². The van der Waals surface area contributed by atoms with Crippen molar-refractivity contribution in [1.29, 1.82) is 0 Å². The molecular formula is C13H17BrFNO. The van der Waals surface area contributed by atoms with Gasteiger partial charge in [0.25, 0.3) is 5.91 Å². The van der Waals surface area contributed by atoms with Gasteiger partial charge >= 0.3 is 0 Å². The van der Waals surface area contributed by atoms with E-state index in [2.05, 4.69) is 35.1 Å². The molecule has 0 radical (unpaired) electrons. The van der Waals surface area contributed by atoms with Crippen molar-refractivity contribution < 1.29 is 9.18 Å². The highest BCUT2D eigenvalue weighted by Gasteiger charge is 2.12. The Hall–Kier alpha value is -0.900. The Kier molecular flexibility index (Phi) is 5.62. The molecule has 1 aromatic rings. The Labute approximate surface area is 110 Å². The Morgan fingerprint density at radius 3 is 2.59 bits per heavy atom. The molecule has 0 saturated heterocycles. The van der Waals surface area contributed by atoms with Gasteiger partial charge in [0.2, 0.25) is 0 Å². The van der Waals surface area contributed by atoms with Crippen molar-refractivity contribution in [3.05, 3.63) is 34.1 Å². The van der Waals surface area contributed by atoms with Gasteiger partial charge in [-0.15, -0.1) is 0 Å². The lowest BCUT2D eigenvalue weighted by Crippen LogP contribution is -2.29. The Balaban J connectivity index is 2.64. The fourth-order valence-corrected chi connectivity index (χ4v) is 2.11. The number of rotatable bonds is 5. The van der Waals surface area contributed by atoms with Crippen LogP contribution in [-0.2, 0) is 0 Å². The average molecular weight is 302 g/mol. The molecule has 1 aromatic carbocycles. The second-order valence-electron chi connectivity index (χ2n) is 4.02. The van der Waals surface area contributed by atoms with Crippen LogP contribution in [0.15, 0.2) is 22.7 Å². The number of hydrogen-bond acceptors (Lipinski definition) is 1. The highest BCUT2D eigenvalue weighted by atomic mass is 79.9. The summed E-state index contributed by atoms with van der Waals surface area (Å²) in [5, 5.41) is 2.87. The summed E-state index contributed by atoms with van der Waals surface area (Å²) in [6.45, 7) is 4.87. The van der Waals surface area contributed by atoms with E-state index >= 15 is 0 Å². The molecule has 0 saturated carbocycles. The molecule has 17 heavy (non-hydrogen) atoms. The van der Waals surface area contributed by atoms with Crippen LogP contribution >= 0.6 is 15.9 Å². The first kappa shape index (κ1) is 14.2. The van der Waals surface area contributed by atoms with Crippen molar-refractivity contribution in [3.63, 3.8) is 0 Å². The zero-order valence-electron chi connectivity index (χ0n) is 10.1. The molecule has 94 valence electrons. The molecule has 0 atom stereocenters. The predicted octanol–water partition coefficient (Wildman–Crippen LogP) is 3.75. The predicted molar refractivity (Wildman–Crippen MR) is 70.5 cm³/mol. The number of amides is 1. The molecule has 0 heterocycles. The van der Waals surface area contributed by atoms with E-state index in [0.29, 0.717) is 22.5 Å². The Morgan fingerprint density at radius 1 is 1.41 bits per heavy atom. The summed E-state index contributed by atoms with van der Waals surface area (Å²) in [6.07, 6.45) is 2.09. The maximum absolute atomic E-state index is 12.9. The molecule has 0 aliphatic rings. The normalized spacial score (nSPS) is 10.6. The molecule has 1 amide bonds. The van der Waals surface area contributed by atoms with Crippen molar-refractivity contribution in [2.24, 2.45) is 5.92 Å². The second-order valence-corrected chi connectivity index (χ2v) is 4.87. The summed E-state index contributed by atoms with van der Waals surface area (Å²) in [5.41, 5.74) is 0.470. The Morgan fingerprint density at radius 2 is 2.06 bits per heavy atom. The smallest absolute Gasteiger partial charge is 0.252 e. The monoisotopic (exact) mass is 301 g/mol. The third kappa shape index (κ3) is 4.11. The van der Waals surface area contributed by atoms with Crippen LogP contribution in [0.3, 0.4) is 0 Å². The third-order valence-electron chi connectivity index (χ3n) is 2.88. The number of carbonyl (C=O) groups is 1. The first-order valence-electron chi connectivity index (χ1n) is 5.81. The summed E-state index contributed by atoms with van der Waals surface area (Å²) in [7, 11) is 0. The summed E-state index contributed by atoms with van der Waals surface area (Å²) in [4.78, 5) is 11.8. The molecular weight excluding hydrogens is 285 g/mol. The molecule has 0 spiro atoms. The fourth-order valence-electron chi connectivity index (χ4n) is 1.58. The second kappa shape index (κ2) is 6.74. The van der Waals surface area contributed by atoms with Crippen LogP contribution in [0.1, 0.15) is 37.0 Å². The van der Waals surface area contributed by atoms with Crippen molar-refractivity contribution >= 4 is 21.8 Å². The molecule has 1 rings (SSSR count). The lowest BCUT2D eigenvalue weighted by Gasteiger charge is -2.13. The molecule has 0 fully saturated rings. The minimum atomic E-state index is -0.353. The molecule has 0 aliphatic carbocycles. The molecule has 0 aliphatic heterocycles. The van der Waals surface area contributed by atoms with Crippen molar-refractivity contribution in [3.8, 4) is 0 Å². The van der Waals surface area contributed by atoms with Gasteiger partial charge in [0.1, 0.15) is 5.82 Å². The fraction of sp³-hybridized carbons (Fsp3) is 0.462. The van der Waals surface area contributed by atoms with Crippen molar-refractivity contribution in [2.75, 3.05) is 6.54 Å². The topological polar surface area (TPSA) is 29.1 Å². The number of nitrogens with one attached hydrogen (secondary N) is 1. The van der Waals surface area contributed by atoms with E-state index in [9.17, 15) is 9.18 Å². The zero-order valence-corrected chi connectivity index (χ0v) is 11.7. The minimum Gasteiger partial charge on any atom is -0.352 e. The van der Waals surface area contributed by atoms with Crippen molar-refractivity contribution in [1.82, 2.24) is 5.32 Å². The Bertz CT molecular complexity index is 391. The number of hydrogen-bond donors (Lipinski definition) is 1. The van der Waals surface area contributed by atoms with Crippen LogP contribution in [0.25, 0.3) is 0 Å². The van der Waals surface area contributed by atoms with Crippen LogP contribution in [-0.4, -0.2) is 12.5 Å². The van der Waals surface area contributed by atoms with Gasteiger partial charge in [-0.25, -0.2) is 4.39 Å². The maximum Gasteiger partial charge on any atom is 0.252 e. The van der Waals surface area contributed by atoms with E-state index < -0.39 is 0 Å². The van der Waals surface area contributed by atoms with Gasteiger partial charge in [-0.3, -0.25) is 4.79 Å². The van der Waals surface area contributed by atoms with Crippen LogP contribution < -0.4 is 5.32 Å². The molecule has 1 N–H and O–H groups in total. The molecule has 0 unspecified atom stereocenters. The number of halogens is 2.